The van der Waals surface area contributed by atoms with Crippen LogP contribution in [0.2, 0.25) is 5.02 Å². The van der Waals surface area contributed by atoms with Crippen molar-refractivity contribution in [2.75, 3.05) is 26.2 Å². The Bertz CT molecular complexity index is 921. The molecule has 1 saturated heterocycles. The van der Waals surface area contributed by atoms with Crippen molar-refractivity contribution >= 4 is 21.6 Å². The number of nitrogens with zero attached hydrogens (tertiary/aromatic N) is 2. The Morgan fingerprint density at radius 3 is 2.36 bits per heavy atom. The first-order valence-corrected chi connectivity index (χ1v) is 10.6. The molecule has 2 aromatic rings. The average Bonchev–Trinajstić information content (AvgIpc) is 2.88. The molecule has 28 heavy (non-hydrogen) atoms. The topological polar surface area (TPSA) is 40.6 Å². The molecule has 9 heteroatoms. The summed E-state index contributed by atoms with van der Waals surface area (Å²) in [6, 6.07) is 12.5. The molecule has 0 amide bonds. The molecule has 1 aliphatic heterocycles. The summed E-state index contributed by atoms with van der Waals surface area (Å²) in [4.78, 5) is 1.36. The van der Waals surface area contributed by atoms with E-state index >= 15 is 0 Å². The minimum Gasteiger partial charge on any atom is -0.298 e. The smallest absolute Gasteiger partial charge is 0.298 e. The first-order chi connectivity index (χ1) is 13.2. The summed E-state index contributed by atoms with van der Waals surface area (Å²) in [5.41, 5.74) is -0.124. The zero-order valence-corrected chi connectivity index (χ0v) is 16.6. The molecule has 3 rings (SSSR count). The van der Waals surface area contributed by atoms with E-state index in [0.717, 1.165) is 15.9 Å². The van der Waals surface area contributed by atoms with Crippen LogP contribution in [0, 0.1) is 0 Å². The van der Waals surface area contributed by atoms with Gasteiger partial charge < -0.3 is 0 Å². The van der Waals surface area contributed by atoms with Crippen molar-refractivity contribution in [1.29, 1.82) is 0 Å². The van der Waals surface area contributed by atoms with Crippen LogP contribution in [0.1, 0.15) is 17.5 Å². The molecule has 4 nitrogen and oxygen atoms in total. The molecular weight excluding hydrogens is 413 g/mol. The van der Waals surface area contributed by atoms with Crippen LogP contribution >= 0.6 is 11.6 Å². The molecule has 1 fully saturated rings. The first kappa shape index (κ1) is 21.1. The molecule has 2 aromatic carbocycles. The summed E-state index contributed by atoms with van der Waals surface area (Å²) in [6.45, 7) is 2.10. The molecule has 0 saturated carbocycles. The predicted octanol–water partition coefficient (Wildman–Crippen LogP) is 4.26. The lowest BCUT2D eigenvalue weighted by Gasteiger charge is -2.23. The summed E-state index contributed by atoms with van der Waals surface area (Å²) >= 11 is 5.67. The fraction of sp³-hybridized carbons (Fsp3) is 0.368. The minimum atomic E-state index is -4.81. The number of hydrogen-bond acceptors (Lipinski definition) is 3. The summed E-state index contributed by atoms with van der Waals surface area (Å²) in [5, 5.41) is -0.156. The van der Waals surface area contributed by atoms with E-state index in [1.54, 1.807) is 0 Å². The minimum absolute atomic E-state index is 0.134. The summed E-state index contributed by atoms with van der Waals surface area (Å²) in [5.74, 6) is 0. The Labute approximate surface area is 167 Å². The van der Waals surface area contributed by atoms with E-state index in [4.69, 9.17) is 11.6 Å². The van der Waals surface area contributed by atoms with Gasteiger partial charge in [0.25, 0.3) is 0 Å². The lowest BCUT2D eigenvalue weighted by molar-refractivity contribution is -0.139. The van der Waals surface area contributed by atoms with Crippen LogP contribution in [0.4, 0.5) is 13.2 Å². The summed E-state index contributed by atoms with van der Waals surface area (Å²) < 4.78 is 67.1. The fourth-order valence-corrected chi connectivity index (χ4v) is 5.11. The molecule has 0 bridgehead atoms. The van der Waals surface area contributed by atoms with Crippen molar-refractivity contribution in [3.8, 4) is 0 Å². The molecular formula is C19H20ClF3N2O2S. The van der Waals surface area contributed by atoms with Crippen molar-refractivity contribution in [3.63, 3.8) is 0 Å². The molecule has 0 spiro atoms. The quantitative estimate of drug-likeness (QED) is 0.725. The molecule has 0 aliphatic carbocycles. The van der Waals surface area contributed by atoms with Crippen LogP contribution in [0.5, 0.6) is 0 Å². The molecule has 0 aromatic heterocycles. The second-order valence-corrected chi connectivity index (χ2v) is 9.00. The van der Waals surface area contributed by atoms with Gasteiger partial charge in [0.15, 0.2) is 0 Å². The van der Waals surface area contributed by atoms with Gasteiger partial charge in [-0.1, -0.05) is 41.9 Å². The van der Waals surface area contributed by atoms with Crippen LogP contribution in [0.25, 0.3) is 0 Å². The first-order valence-electron chi connectivity index (χ1n) is 8.81. The van der Waals surface area contributed by atoms with E-state index in [1.807, 2.05) is 30.3 Å². The maximum absolute atomic E-state index is 13.4. The number of benzene rings is 2. The van der Waals surface area contributed by atoms with Gasteiger partial charge in [0.05, 0.1) is 10.5 Å². The lowest BCUT2D eigenvalue weighted by Crippen LogP contribution is -2.36. The standard InChI is InChI=1S/C19H20ClF3N2O2S/c20-16-7-8-18(17(13-16)19(21,22)23)28(26,27)25-10-4-9-24(11-12-25)14-15-5-2-1-3-6-15/h1-3,5-8,13H,4,9-12,14H2. The Kier molecular flexibility index (Phi) is 6.34. The highest BCUT2D eigenvalue weighted by Gasteiger charge is 2.39. The zero-order valence-electron chi connectivity index (χ0n) is 15.0. The van der Waals surface area contributed by atoms with Crippen molar-refractivity contribution in [2.45, 2.75) is 24.0 Å². The van der Waals surface area contributed by atoms with Gasteiger partial charge in [-0.3, -0.25) is 4.90 Å². The Morgan fingerprint density at radius 2 is 1.68 bits per heavy atom. The van der Waals surface area contributed by atoms with E-state index in [2.05, 4.69) is 4.90 Å². The van der Waals surface area contributed by atoms with Crippen LogP contribution in [-0.4, -0.2) is 43.8 Å². The van der Waals surface area contributed by atoms with Gasteiger partial charge >= 0.3 is 6.18 Å². The highest BCUT2D eigenvalue weighted by atomic mass is 35.5. The van der Waals surface area contributed by atoms with Gasteiger partial charge in [0.1, 0.15) is 0 Å². The van der Waals surface area contributed by atoms with Crippen molar-refractivity contribution in [1.82, 2.24) is 9.21 Å². The molecule has 0 atom stereocenters. The van der Waals surface area contributed by atoms with Crippen LogP contribution < -0.4 is 0 Å². The fourth-order valence-electron chi connectivity index (χ4n) is 3.28. The third-order valence-electron chi connectivity index (χ3n) is 4.66. The third-order valence-corrected chi connectivity index (χ3v) is 6.85. The normalized spacial score (nSPS) is 17.4. The van der Waals surface area contributed by atoms with Gasteiger partial charge in [-0.15, -0.1) is 0 Å². The predicted molar refractivity (Wildman–Crippen MR) is 102 cm³/mol. The highest BCUT2D eigenvalue weighted by molar-refractivity contribution is 7.89. The number of halogens is 4. The van der Waals surface area contributed by atoms with Gasteiger partial charge in [0, 0.05) is 31.2 Å². The monoisotopic (exact) mass is 432 g/mol. The molecule has 1 aliphatic rings. The summed E-state index contributed by atoms with van der Waals surface area (Å²) in [6.07, 6.45) is -4.26. The largest absolute Gasteiger partial charge is 0.417 e. The zero-order chi connectivity index (χ0) is 20.4. The van der Waals surface area contributed by atoms with Crippen LogP contribution in [0.3, 0.4) is 0 Å². The van der Waals surface area contributed by atoms with E-state index < -0.39 is 26.7 Å². The van der Waals surface area contributed by atoms with Crippen molar-refractivity contribution in [3.05, 3.63) is 64.7 Å². The van der Waals surface area contributed by atoms with E-state index in [1.165, 1.54) is 6.07 Å². The third kappa shape index (κ3) is 4.86. The number of alkyl halides is 3. The second kappa shape index (κ2) is 8.41. The lowest BCUT2D eigenvalue weighted by atomic mass is 10.2. The number of hydrogen-bond donors (Lipinski definition) is 0. The van der Waals surface area contributed by atoms with Crippen LogP contribution in [-0.2, 0) is 22.7 Å². The van der Waals surface area contributed by atoms with Crippen molar-refractivity contribution in [2.24, 2.45) is 0 Å². The summed E-state index contributed by atoms with van der Waals surface area (Å²) in [7, 11) is -4.28. The highest BCUT2D eigenvalue weighted by Crippen LogP contribution is 2.37. The van der Waals surface area contributed by atoms with Crippen LogP contribution in [0.15, 0.2) is 53.4 Å². The van der Waals surface area contributed by atoms with Gasteiger partial charge in [-0.05, 0) is 36.7 Å². The molecule has 1 heterocycles. The Balaban J connectivity index is 1.80. The average molecular weight is 433 g/mol. The maximum atomic E-state index is 13.4. The van der Waals surface area contributed by atoms with Crippen molar-refractivity contribution < 1.29 is 21.6 Å². The van der Waals surface area contributed by atoms with Gasteiger partial charge in [-0.2, -0.15) is 17.5 Å². The molecule has 152 valence electrons. The molecule has 0 unspecified atom stereocenters. The maximum Gasteiger partial charge on any atom is 0.417 e. The van der Waals surface area contributed by atoms with Gasteiger partial charge in [-0.25, -0.2) is 8.42 Å². The van der Waals surface area contributed by atoms with E-state index in [0.29, 0.717) is 32.1 Å². The molecule has 0 N–H and O–H groups in total. The number of sulfonamides is 1. The van der Waals surface area contributed by atoms with E-state index in [9.17, 15) is 21.6 Å². The second-order valence-electron chi connectivity index (χ2n) is 6.66. The number of rotatable bonds is 4. The van der Waals surface area contributed by atoms with Gasteiger partial charge in [0.2, 0.25) is 10.0 Å². The Morgan fingerprint density at radius 1 is 0.964 bits per heavy atom. The van der Waals surface area contributed by atoms with E-state index in [-0.39, 0.29) is 18.1 Å². The SMILES string of the molecule is O=S(=O)(c1ccc(Cl)cc1C(F)(F)F)N1CCCN(Cc2ccccc2)CC1. The Hall–Kier alpha value is -1.61. The molecule has 0 radical (unpaired) electrons.